The molecule has 0 aliphatic carbocycles. The van der Waals surface area contributed by atoms with E-state index in [-0.39, 0.29) is 12.1 Å². The lowest BCUT2D eigenvalue weighted by atomic mass is 10.1. The van der Waals surface area contributed by atoms with Gasteiger partial charge >= 0.3 is 0 Å². The van der Waals surface area contributed by atoms with E-state index in [1.165, 1.54) is 6.07 Å². The molecule has 2 aromatic rings. The van der Waals surface area contributed by atoms with Gasteiger partial charge in [-0.15, -0.1) is 0 Å². The molecular formula is C18H21F2N3O. The smallest absolute Gasteiger partial charge is 0.191 e. The fraction of sp³-hybridized carbons (Fsp3) is 0.278. The van der Waals surface area contributed by atoms with Gasteiger partial charge in [-0.1, -0.05) is 24.3 Å². The molecule has 0 fully saturated rings. The number of halogens is 2. The first kappa shape index (κ1) is 17.9. The molecule has 2 rings (SSSR count). The monoisotopic (exact) mass is 333 g/mol. The van der Waals surface area contributed by atoms with Gasteiger partial charge in [-0.3, -0.25) is 4.99 Å². The summed E-state index contributed by atoms with van der Waals surface area (Å²) >= 11 is 0. The van der Waals surface area contributed by atoms with E-state index in [9.17, 15) is 8.78 Å². The summed E-state index contributed by atoms with van der Waals surface area (Å²) < 4.78 is 32.0. The third-order valence-electron chi connectivity index (χ3n) is 3.54. The third kappa shape index (κ3) is 5.03. The van der Waals surface area contributed by atoms with Crippen molar-refractivity contribution in [2.45, 2.75) is 19.7 Å². The number of guanidine groups is 1. The number of benzene rings is 2. The van der Waals surface area contributed by atoms with Crippen LogP contribution in [-0.2, 0) is 24.4 Å². The number of aliphatic imine (C=N–C) groups is 1. The quantitative estimate of drug-likeness (QED) is 0.631. The maximum absolute atomic E-state index is 13.6. The van der Waals surface area contributed by atoms with Gasteiger partial charge in [0.25, 0.3) is 0 Å². The van der Waals surface area contributed by atoms with E-state index in [0.29, 0.717) is 19.1 Å². The lowest BCUT2D eigenvalue weighted by Gasteiger charge is -2.14. The topological polar surface area (TPSA) is 45.7 Å². The Kier molecular flexibility index (Phi) is 6.69. The number of hydrogen-bond acceptors (Lipinski definition) is 2. The average molecular weight is 333 g/mol. The number of methoxy groups -OCH3 is 1. The molecule has 128 valence electrons. The highest BCUT2D eigenvalue weighted by molar-refractivity contribution is 5.79. The second-order valence-electron chi connectivity index (χ2n) is 5.22. The molecule has 0 unspecified atom stereocenters. The standard InChI is InChI=1S/C18H21F2N3O/c1-21-18(23-11-15-9-16(19)7-8-17(15)20)22-10-13-5-3-4-6-14(13)12-24-2/h3-9H,10-12H2,1-2H3,(H2,21,22,23). The Bertz CT molecular complexity index is 704. The highest BCUT2D eigenvalue weighted by atomic mass is 19.1. The van der Waals surface area contributed by atoms with E-state index in [0.717, 1.165) is 23.3 Å². The van der Waals surface area contributed by atoms with Gasteiger partial charge in [-0.05, 0) is 29.3 Å². The lowest BCUT2D eigenvalue weighted by Crippen LogP contribution is -2.36. The second-order valence-corrected chi connectivity index (χ2v) is 5.22. The molecular weight excluding hydrogens is 312 g/mol. The zero-order chi connectivity index (χ0) is 17.4. The molecule has 0 spiro atoms. The van der Waals surface area contributed by atoms with Crippen LogP contribution in [0.3, 0.4) is 0 Å². The Hall–Kier alpha value is -2.47. The molecule has 4 nitrogen and oxygen atoms in total. The minimum absolute atomic E-state index is 0.142. The zero-order valence-corrected chi connectivity index (χ0v) is 13.8. The number of ether oxygens (including phenoxy) is 1. The summed E-state index contributed by atoms with van der Waals surface area (Å²) in [6.45, 7) is 1.21. The van der Waals surface area contributed by atoms with E-state index in [1.807, 2.05) is 24.3 Å². The minimum atomic E-state index is -0.468. The fourth-order valence-corrected chi connectivity index (χ4v) is 2.28. The second kappa shape index (κ2) is 8.98. The lowest BCUT2D eigenvalue weighted by molar-refractivity contribution is 0.184. The highest BCUT2D eigenvalue weighted by Crippen LogP contribution is 2.10. The molecule has 0 saturated heterocycles. The predicted octanol–water partition coefficient (Wildman–Crippen LogP) is 2.98. The molecule has 0 aliphatic rings. The molecule has 0 radical (unpaired) electrons. The summed E-state index contributed by atoms with van der Waals surface area (Å²) in [6.07, 6.45) is 0. The summed E-state index contributed by atoms with van der Waals surface area (Å²) in [5, 5.41) is 6.13. The van der Waals surface area contributed by atoms with Gasteiger partial charge in [0.05, 0.1) is 6.61 Å². The van der Waals surface area contributed by atoms with E-state index in [1.54, 1.807) is 14.2 Å². The van der Waals surface area contributed by atoms with Crippen LogP contribution in [0.2, 0.25) is 0 Å². The van der Waals surface area contributed by atoms with Crippen molar-refractivity contribution in [1.82, 2.24) is 10.6 Å². The van der Waals surface area contributed by atoms with E-state index < -0.39 is 11.6 Å². The summed E-state index contributed by atoms with van der Waals surface area (Å²) in [5.74, 6) is -0.416. The molecule has 2 aromatic carbocycles. The maximum Gasteiger partial charge on any atom is 0.191 e. The summed E-state index contributed by atoms with van der Waals surface area (Å²) in [5.41, 5.74) is 2.41. The van der Waals surface area contributed by atoms with Gasteiger partial charge in [0.2, 0.25) is 0 Å². The molecule has 24 heavy (non-hydrogen) atoms. The van der Waals surface area contributed by atoms with Crippen LogP contribution in [0.15, 0.2) is 47.5 Å². The average Bonchev–Trinajstić information content (AvgIpc) is 2.59. The van der Waals surface area contributed by atoms with Crippen LogP contribution in [0.1, 0.15) is 16.7 Å². The first-order chi connectivity index (χ1) is 11.6. The first-order valence-electron chi connectivity index (χ1n) is 7.58. The van der Waals surface area contributed by atoms with Crippen molar-refractivity contribution in [1.29, 1.82) is 0 Å². The molecule has 0 heterocycles. The molecule has 2 N–H and O–H groups in total. The Balaban J connectivity index is 1.95. The first-order valence-corrected chi connectivity index (χ1v) is 7.58. The summed E-state index contributed by atoms with van der Waals surface area (Å²) in [4.78, 5) is 4.09. The van der Waals surface area contributed by atoms with Crippen LogP contribution in [0, 0.1) is 11.6 Å². The Labute approximate surface area is 140 Å². The van der Waals surface area contributed by atoms with E-state index >= 15 is 0 Å². The number of nitrogens with one attached hydrogen (secondary N) is 2. The van der Waals surface area contributed by atoms with Gasteiger partial charge in [0.15, 0.2) is 5.96 Å². The molecule has 0 bridgehead atoms. The van der Waals surface area contributed by atoms with Crippen LogP contribution in [0.5, 0.6) is 0 Å². The predicted molar refractivity (Wildman–Crippen MR) is 90.6 cm³/mol. The van der Waals surface area contributed by atoms with Crippen molar-refractivity contribution < 1.29 is 13.5 Å². The van der Waals surface area contributed by atoms with Crippen LogP contribution in [0.25, 0.3) is 0 Å². The molecule has 6 heteroatoms. The largest absolute Gasteiger partial charge is 0.380 e. The van der Waals surface area contributed by atoms with Gasteiger partial charge in [-0.2, -0.15) is 0 Å². The maximum atomic E-state index is 13.6. The van der Waals surface area contributed by atoms with Gasteiger partial charge in [-0.25, -0.2) is 8.78 Å². The highest BCUT2D eigenvalue weighted by Gasteiger charge is 2.06. The van der Waals surface area contributed by atoms with Gasteiger partial charge in [0, 0.05) is 32.8 Å². The van der Waals surface area contributed by atoms with E-state index in [4.69, 9.17) is 4.74 Å². The van der Waals surface area contributed by atoms with E-state index in [2.05, 4.69) is 15.6 Å². The molecule has 0 aliphatic heterocycles. The summed E-state index contributed by atoms with van der Waals surface area (Å²) in [6, 6.07) is 11.3. The zero-order valence-electron chi connectivity index (χ0n) is 13.8. The van der Waals surface area contributed by atoms with Crippen molar-refractivity contribution in [2.24, 2.45) is 4.99 Å². The van der Waals surface area contributed by atoms with Crippen LogP contribution >= 0.6 is 0 Å². The number of hydrogen-bond donors (Lipinski definition) is 2. The van der Waals surface area contributed by atoms with Crippen LogP contribution in [-0.4, -0.2) is 20.1 Å². The van der Waals surface area contributed by atoms with Gasteiger partial charge < -0.3 is 15.4 Å². The molecule has 0 atom stereocenters. The summed E-state index contributed by atoms with van der Waals surface area (Å²) in [7, 11) is 3.27. The van der Waals surface area contributed by atoms with Gasteiger partial charge in [0.1, 0.15) is 11.6 Å². The minimum Gasteiger partial charge on any atom is -0.380 e. The van der Waals surface area contributed by atoms with Crippen molar-refractivity contribution in [3.05, 3.63) is 70.8 Å². The number of rotatable bonds is 6. The van der Waals surface area contributed by atoms with Crippen molar-refractivity contribution in [3.63, 3.8) is 0 Å². The van der Waals surface area contributed by atoms with Crippen molar-refractivity contribution >= 4 is 5.96 Å². The number of nitrogens with zero attached hydrogens (tertiary/aromatic N) is 1. The normalized spacial score (nSPS) is 11.4. The third-order valence-corrected chi connectivity index (χ3v) is 3.54. The van der Waals surface area contributed by atoms with Crippen LogP contribution in [0.4, 0.5) is 8.78 Å². The molecule has 0 amide bonds. The fourth-order valence-electron chi connectivity index (χ4n) is 2.28. The molecule has 0 aromatic heterocycles. The Morgan fingerprint density at radius 1 is 1.00 bits per heavy atom. The van der Waals surface area contributed by atoms with Crippen molar-refractivity contribution in [3.8, 4) is 0 Å². The Morgan fingerprint density at radius 3 is 2.33 bits per heavy atom. The SMILES string of the molecule is CN=C(NCc1cc(F)ccc1F)NCc1ccccc1COC. The van der Waals surface area contributed by atoms with Crippen LogP contribution < -0.4 is 10.6 Å². The van der Waals surface area contributed by atoms with Crippen molar-refractivity contribution in [2.75, 3.05) is 14.2 Å². The Morgan fingerprint density at radius 2 is 1.67 bits per heavy atom. The molecule has 0 saturated carbocycles.